The van der Waals surface area contributed by atoms with Crippen LogP contribution in [0.25, 0.3) is 0 Å². The Labute approximate surface area is 125 Å². The van der Waals surface area contributed by atoms with E-state index < -0.39 is 0 Å². The highest BCUT2D eigenvalue weighted by molar-refractivity contribution is 4.88. The van der Waals surface area contributed by atoms with Crippen molar-refractivity contribution in [1.29, 1.82) is 0 Å². The summed E-state index contributed by atoms with van der Waals surface area (Å²) in [5.41, 5.74) is 6.46. The first kappa shape index (κ1) is 14.8. The Morgan fingerprint density at radius 2 is 1.50 bits per heavy atom. The fraction of sp³-hybridized carbons (Fsp3) is 1.00. The van der Waals surface area contributed by atoms with Crippen LogP contribution >= 0.6 is 0 Å². The Balaban J connectivity index is 1.53. The standard InChI is InChI=1S/C18H34N2/c1-13(2)16-7-8-18(19)17(9-16)12-20(10-14-3-4-14)11-15-5-6-15/h13-18H,3-12,19H2,1-2H3. The monoisotopic (exact) mass is 278 g/mol. The van der Waals surface area contributed by atoms with Crippen LogP contribution in [0.5, 0.6) is 0 Å². The van der Waals surface area contributed by atoms with Crippen molar-refractivity contribution in [2.24, 2.45) is 35.3 Å². The highest BCUT2D eigenvalue weighted by atomic mass is 15.1. The minimum Gasteiger partial charge on any atom is -0.327 e. The highest BCUT2D eigenvalue weighted by Gasteiger charge is 2.34. The number of hydrogen-bond acceptors (Lipinski definition) is 2. The van der Waals surface area contributed by atoms with Crippen molar-refractivity contribution in [2.45, 2.75) is 64.8 Å². The molecule has 3 aliphatic carbocycles. The lowest BCUT2D eigenvalue weighted by molar-refractivity contribution is 0.130. The first-order valence-corrected chi connectivity index (χ1v) is 9.09. The lowest BCUT2D eigenvalue weighted by Gasteiger charge is -2.39. The molecular weight excluding hydrogens is 244 g/mol. The van der Waals surface area contributed by atoms with Gasteiger partial charge >= 0.3 is 0 Å². The van der Waals surface area contributed by atoms with E-state index in [0.717, 1.165) is 29.6 Å². The zero-order chi connectivity index (χ0) is 14.1. The summed E-state index contributed by atoms with van der Waals surface area (Å²) >= 11 is 0. The normalized spacial score (nSPS) is 35.0. The molecule has 0 heterocycles. The van der Waals surface area contributed by atoms with Crippen LogP contribution in [0.1, 0.15) is 58.8 Å². The van der Waals surface area contributed by atoms with E-state index in [1.54, 1.807) is 0 Å². The van der Waals surface area contributed by atoms with Crippen molar-refractivity contribution in [2.75, 3.05) is 19.6 Å². The van der Waals surface area contributed by atoms with Gasteiger partial charge in [-0.25, -0.2) is 0 Å². The molecule has 0 radical (unpaired) electrons. The Bertz CT molecular complexity index is 293. The summed E-state index contributed by atoms with van der Waals surface area (Å²) in [6, 6.07) is 0.464. The molecule has 0 aromatic carbocycles. The molecule has 3 fully saturated rings. The molecule has 116 valence electrons. The molecule has 0 aromatic rings. The maximum Gasteiger partial charge on any atom is 0.00795 e. The van der Waals surface area contributed by atoms with E-state index >= 15 is 0 Å². The molecule has 3 unspecified atom stereocenters. The van der Waals surface area contributed by atoms with Crippen LogP contribution in [0.2, 0.25) is 0 Å². The van der Waals surface area contributed by atoms with E-state index in [-0.39, 0.29) is 0 Å². The van der Waals surface area contributed by atoms with E-state index in [0.29, 0.717) is 6.04 Å². The third-order valence-electron chi connectivity index (χ3n) is 5.94. The number of rotatable bonds is 7. The molecule has 0 amide bonds. The first-order chi connectivity index (χ1) is 9.61. The molecular formula is C18H34N2. The summed E-state index contributed by atoms with van der Waals surface area (Å²) in [4.78, 5) is 2.79. The van der Waals surface area contributed by atoms with Crippen LogP contribution in [-0.4, -0.2) is 30.6 Å². The minimum absolute atomic E-state index is 0.464. The largest absolute Gasteiger partial charge is 0.327 e. The van der Waals surface area contributed by atoms with Gasteiger partial charge in [0, 0.05) is 25.7 Å². The summed E-state index contributed by atoms with van der Waals surface area (Å²) in [6.45, 7) is 8.81. The second-order valence-corrected chi connectivity index (χ2v) is 8.35. The third kappa shape index (κ3) is 4.21. The van der Waals surface area contributed by atoms with E-state index in [4.69, 9.17) is 5.73 Å². The summed E-state index contributed by atoms with van der Waals surface area (Å²) in [5, 5.41) is 0. The van der Waals surface area contributed by atoms with Crippen LogP contribution in [0.4, 0.5) is 0 Å². The van der Waals surface area contributed by atoms with Gasteiger partial charge in [-0.15, -0.1) is 0 Å². The van der Waals surface area contributed by atoms with E-state index in [9.17, 15) is 0 Å². The SMILES string of the molecule is CC(C)C1CCC(N)C(CN(CC2CC2)CC2CC2)C1. The summed E-state index contributed by atoms with van der Waals surface area (Å²) in [6.07, 6.45) is 9.91. The van der Waals surface area contributed by atoms with Gasteiger partial charge in [0.2, 0.25) is 0 Å². The second-order valence-electron chi connectivity index (χ2n) is 8.35. The highest BCUT2D eigenvalue weighted by Crippen LogP contribution is 2.37. The number of hydrogen-bond donors (Lipinski definition) is 1. The smallest absolute Gasteiger partial charge is 0.00795 e. The van der Waals surface area contributed by atoms with Gasteiger partial charge in [-0.05, 0) is 74.5 Å². The van der Waals surface area contributed by atoms with Crippen LogP contribution in [0, 0.1) is 29.6 Å². The van der Waals surface area contributed by atoms with Gasteiger partial charge in [-0.1, -0.05) is 13.8 Å². The second kappa shape index (κ2) is 6.36. The van der Waals surface area contributed by atoms with Crippen LogP contribution < -0.4 is 5.73 Å². The maximum absolute atomic E-state index is 6.46. The van der Waals surface area contributed by atoms with Gasteiger partial charge in [0.15, 0.2) is 0 Å². The van der Waals surface area contributed by atoms with Gasteiger partial charge < -0.3 is 10.6 Å². The minimum atomic E-state index is 0.464. The molecule has 2 N–H and O–H groups in total. The molecule has 2 nitrogen and oxygen atoms in total. The quantitative estimate of drug-likeness (QED) is 0.772. The molecule has 0 aliphatic heterocycles. The van der Waals surface area contributed by atoms with E-state index in [1.165, 1.54) is 64.6 Å². The van der Waals surface area contributed by atoms with Crippen LogP contribution in [0.3, 0.4) is 0 Å². The van der Waals surface area contributed by atoms with Crippen molar-refractivity contribution in [3.05, 3.63) is 0 Å². The summed E-state index contributed by atoms with van der Waals surface area (Å²) in [7, 11) is 0. The fourth-order valence-electron chi connectivity index (χ4n) is 4.03. The first-order valence-electron chi connectivity index (χ1n) is 9.09. The number of nitrogens with two attached hydrogens (primary N) is 1. The Morgan fingerprint density at radius 1 is 0.900 bits per heavy atom. The fourth-order valence-corrected chi connectivity index (χ4v) is 4.03. The third-order valence-corrected chi connectivity index (χ3v) is 5.94. The van der Waals surface area contributed by atoms with Crippen LogP contribution in [0.15, 0.2) is 0 Å². The van der Waals surface area contributed by atoms with Gasteiger partial charge in [0.25, 0.3) is 0 Å². The molecule has 0 bridgehead atoms. The average molecular weight is 278 g/mol. The van der Waals surface area contributed by atoms with Crippen LogP contribution in [-0.2, 0) is 0 Å². The summed E-state index contributed by atoms with van der Waals surface area (Å²) < 4.78 is 0. The molecule has 0 saturated heterocycles. The zero-order valence-electron chi connectivity index (χ0n) is 13.6. The van der Waals surface area contributed by atoms with Gasteiger partial charge in [-0.2, -0.15) is 0 Å². The van der Waals surface area contributed by atoms with E-state index in [2.05, 4.69) is 18.7 Å². The lowest BCUT2D eigenvalue weighted by Crippen LogP contribution is -2.44. The van der Waals surface area contributed by atoms with Crippen molar-refractivity contribution < 1.29 is 0 Å². The molecule has 2 heteroatoms. The average Bonchev–Trinajstić information content (AvgIpc) is 3.27. The Kier molecular flexibility index (Phi) is 4.72. The van der Waals surface area contributed by atoms with Gasteiger partial charge in [0.1, 0.15) is 0 Å². The lowest BCUT2D eigenvalue weighted by atomic mass is 9.73. The zero-order valence-corrected chi connectivity index (χ0v) is 13.6. The predicted molar refractivity (Wildman–Crippen MR) is 85.5 cm³/mol. The molecule has 3 saturated carbocycles. The molecule has 3 rings (SSSR count). The van der Waals surface area contributed by atoms with Crippen molar-refractivity contribution >= 4 is 0 Å². The molecule has 3 atom stereocenters. The maximum atomic E-state index is 6.46. The molecule has 20 heavy (non-hydrogen) atoms. The van der Waals surface area contributed by atoms with Crippen molar-refractivity contribution in [3.8, 4) is 0 Å². The molecule has 0 aromatic heterocycles. The van der Waals surface area contributed by atoms with Crippen molar-refractivity contribution in [3.63, 3.8) is 0 Å². The van der Waals surface area contributed by atoms with Gasteiger partial charge in [0.05, 0.1) is 0 Å². The van der Waals surface area contributed by atoms with E-state index in [1.807, 2.05) is 0 Å². The Morgan fingerprint density at radius 3 is 2.00 bits per heavy atom. The summed E-state index contributed by atoms with van der Waals surface area (Å²) in [5.74, 6) is 4.56. The Hall–Kier alpha value is -0.0800. The number of nitrogens with zero attached hydrogens (tertiary/aromatic N) is 1. The molecule has 0 spiro atoms. The van der Waals surface area contributed by atoms with Gasteiger partial charge in [-0.3, -0.25) is 0 Å². The van der Waals surface area contributed by atoms with Crippen molar-refractivity contribution in [1.82, 2.24) is 4.90 Å². The molecule has 3 aliphatic rings. The topological polar surface area (TPSA) is 29.3 Å². The predicted octanol–water partition coefficient (Wildman–Crippen LogP) is 3.51.